The number of hydrogen-bond donors (Lipinski definition) is 2. The Hall–Kier alpha value is -4.26. The molecule has 37 heavy (non-hydrogen) atoms. The van der Waals surface area contributed by atoms with E-state index in [1.54, 1.807) is 18.2 Å². The maximum Gasteiger partial charge on any atom is 0.255 e. The summed E-state index contributed by atoms with van der Waals surface area (Å²) in [5.41, 5.74) is 2.92. The summed E-state index contributed by atoms with van der Waals surface area (Å²) in [6, 6.07) is 18.6. The Morgan fingerprint density at radius 1 is 1.11 bits per heavy atom. The number of piperidine rings is 1. The highest BCUT2D eigenvalue weighted by molar-refractivity contribution is 5.96. The van der Waals surface area contributed by atoms with Crippen molar-refractivity contribution < 1.29 is 18.7 Å². The molecule has 5 rings (SSSR count). The third-order valence-electron chi connectivity index (χ3n) is 6.76. The summed E-state index contributed by atoms with van der Waals surface area (Å²) in [6.45, 7) is 4.99. The predicted octanol–water partition coefficient (Wildman–Crippen LogP) is 4.92. The molecule has 0 bridgehead atoms. The van der Waals surface area contributed by atoms with Gasteiger partial charge in [-0.25, -0.2) is 0 Å². The van der Waals surface area contributed by atoms with E-state index in [9.17, 15) is 9.59 Å². The minimum absolute atomic E-state index is 0.144. The van der Waals surface area contributed by atoms with Gasteiger partial charge in [0, 0.05) is 35.5 Å². The number of nitrogens with one attached hydrogen (secondary N) is 2. The number of carbonyl (C=O) groups excluding carboxylic acids is 2. The van der Waals surface area contributed by atoms with Crippen molar-refractivity contribution in [3.8, 4) is 17.1 Å². The predicted molar refractivity (Wildman–Crippen MR) is 142 cm³/mol. The molecule has 7 heteroatoms. The lowest BCUT2D eigenvalue weighted by Crippen LogP contribution is -2.42. The molecule has 2 aliphatic rings. The van der Waals surface area contributed by atoms with E-state index in [4.69, 9.17) is 9.15 Å². The summed E-state index contributed by atoms with van der Waals surface area (Å²) >= 11 is 0. The molecule has 1 saturated heterocycles. The molecular formula is C30H31N3O4. The van der Waals surface area contributed by atoms with E-state index in [1.807, 2.05) is 61.5 Å². The lowest BCUT2D eigenvalue weighted by Gasteiger charge is -2.36. The van der Waals surface area contributed by atoms with Crippen LogP contribution >= 0.6 is 0 Å². The molecule has 0 spiro atoms. The molecule has 7 nitrogen and oxygen atoms in total. The molecule has 0 unspecified atom stereocenters. The average Bonchev–Trinajstić information content (AvgIpc) is 3.39. The maximum atomic E-state index is 12.9. The van der Waals surface area contributed by atoms with Gasteiger partial charge < -0.3 is 24.7 Å². The second kappa shape index (κ2) is 11.2. The van der Waals surface area contributed by atoms with Crippen LogP contribution in [0.25, 0.3) is 11.3 Å². The quantitative estimate of drug-likeness (QED) is 0.430. The summed E-state index contributed by atoms with van der Waals surface area (Å²) < 4.78 is 11.6. The Kier molecular flexibility index (Phi) is 7.40. The Morgan fingerprint density at radius 2 is 1.95 bits per heavy atom. The van der Waals surface area contributed by atoms with Gasteiger partial charge >= 0.3 is 0 Å². The normalized spacial score (nSPS) is 15.9. The molecule has 1 amide bonds. The number of allylic oxidation sites excluding steroid dienone is 2. The summed E-state index contributed by atoms with van der Waals surface area (Å²) in [4.78, 5) is 26.1. The molecule has 2 aromatic carbocycles. The Labute approximate surface area is 216 Å². The van der Waals surface area contributed by atoms with Crippen LogP contribution in [-0.4, -0.2) is 43.3 Å². The van der Waals surface area contributed by atoms with Gasteiger partial charge in [0.25, 0.3) is 5.91 Å². The molecule has 3 heterocycles. The third kappa shape index (κ3) is 6.12. The number of aldehydes is 1. The lowest BCUT2D eigenvalue weighted by atomic mass is 9.97. The number of furan rings is 1. The fourth-order valence-electron chi connectivity index (χ4n) is 4.64. The van der Waals surface area contributed by atoms with Crippen molar-refractivity contribution in [2.24, 2.45) is 5.92 Å². The van der Waals surface area contributed by atoms with E-state index >= 15 is 0 Å². The first-order valence-corrected chi connectivity index (χ1v) is 12.6. The minimum atomic E-state index is -0.144. The zero-order chi connectivity index (χ0) is 25.6. The van der Waals surface area contributed by atoms with Gasteiger partial charge in [-0.2, -0.15) is 0 Å². The Morgan fingerprint density at radius 3 is 2.68 bits per heavy atom. The largest absolute Gasteiger partial charge is 0.493 e. The minimum Gasteiger partial charge on any atom is -0.493 e. The maximum absolute atomic E-state index is 12.9. The van der Waals surface area contributed by atoms with Crippen LogP contribution in [0.15, 0.2) is 88.8 Å². The van der Waals surface area contributed by atoms with Crippen LogP contribution < -0.4 is 15.4 Å². The number of benzene rings is 2. The van der Waals surface area contributed by atoms with Crippen molar-refractivity contribution in [2.45, 2.75) is 19.8 Å². The van der Waals surface area contributed by atoms with Gasteiger partial charge in [-0.3, -0.25) is 9.59 Å². The molecule has 3 aromatic rings. The van der Waals surface area contributed by atoms with Crippen molar-refractivity contribution >= 4 is 12.2 Å². The second-order valence-corrected chi connectivity index (χ2v) is 9.47. The number of aryl methyl sites for hydroxylation is 1. The Bertz CT molecular complexity index is 1330. The number of hydrogen-bond acceptors (Lipinski definition) is 6. The van der Waals surface area contributed by atoms with E-state index in [0.29, 0.717) is 30.2 Å². The number of dihydropyridines is 1. The van der Waals surface area contributed by atoms with Gasteiger partial charge in [0.2, 0.25) is 0 Å². The molecular weight excluding hydrogens is 466 g/mol. The van der Waals surface area contributed by atoms with E-state index < -0.39 is 0 Å². The zero-order valence-electron chi connectivity index (χ0n) is 20.9. The van der Waals surface area contributed by atoms with Gasteiger partial charge in [0.05, 0.1) is 13.2 Å². The fraction of sp³-hybridized carbons (Fsp3) is 0.267. The summed E-state index contributed by atoms with van der Waals surface area (Å²) in [6.07, 6.45) is 6.90. The molecule has 2 aliphatic heterocycles. The zero-order valence-corrected chi connectivity index (χ0v) is 20.9. The van der Waals surface area contributed by atoms with Crippen molar-refractivity contribution in [1.82, 2.24) is 15.5 Å². The van der Waals surface area contributed by atoms with Crippen LogP contribution in [-0.2, 0) is 0 Å². The topological polar surface area (TPSA) is 83.8 Å². The van der Waals surface area contributed by atoms with Gasteiger partial charge in [-0.05, 0) is 74.2 Å². The van der Waals surface area contributed by atoms with E-state index in [1.165, 1.54) is 0 Å². The summed E-state index contributed by atoms with van der Waals surface area (Å²) in [7, 11) is 0. The molecule has 190 valence electrons. The summed E-state index contributed by atoms with van der Waals surface area (Å²) in [5.74, 6) is 3.74. The molecule has 0 radical (unpaired) electrons. The van der Waals surface area contributed by atoms with Crippen LogP contribution in [0.2, 0.25) is 0 Å². The van der Waals surface area contributed by atoms with Gasteiger partial charge in [-0.1, -0.05) is 24.3 Å². The van der Waals surface area contributed by atoms with Crippen molar-refractivity contribution in [1.29, 1.82) is 0 Å². The number of likely N-dealkylation sites (tertiary alicyclic amines) is 1. The first-order valence-electron chi connectivity index (χ1n) is 12.6. The van der Waals surface area contributed by atoms with E-state index in [2.05, 4.69) is 15.5 Å². The number of ether oxygens (including phenoxy) is 1. The van der Waals surface area contributed by atoms with E-state index in [-0.39, 0.29) is 5.91 Å². The van der Waals surface area contributed by atoms with Crippen molar-refractivity contribution in [3.05, 3.63) is 101 Å². The highest BCUT2D eigenvalue weighted by Gasteiger charge is 2.22. The second-order valence-electron chi connectivity index (χ2n) is 9.47. The first-order chi connectivity index (χ1) is 18.1. The highest BCUT2D eigenvalue weighted by Crippen LogP contribution is 2.24. The lowest BCUT2D eigenvalue weighted by molar-refractivity contribution is 0.0964. The number of nitrogens with zero attached hydrogens (tertiary/aromatic N) is 1. The fourth-order valence-corrected chi connectivity index (χ4v) is 4.64. The number of amides is 1. The standard InChI is InChI=1S/C30H31N3O4/c1-21-8-10-28(37-21)24-5-3-6-25(17-24)30(35)32-26-9-11-29(31-18-26)33-14-12-22(13-15-33)20-36-27-7-2-4-23(16-27)19-34/h2-11,16-17,19,22,31H,12-15,18,20H2,1H3,(H,32,35). The monoisotopic (exact) mass is 497 g/mol. The van der Waals surface area contributed by atoms with Crippen LogP contribution in [0.4, 0.5) is 0 Å². The first kappa shape index (κ1) is 24.4. The van der Waals surface area contributed by atoms with E-state index in [0.717, 1.165) is 66.6 Å². The van der Waals surface area contributed by atoms with Gasteiger partial charge in [0.1, 0.15) is 29.4 Å². The third-order valence-corrected chi connectivity index (χ3v) is 6.76. The van der Waals surface area contributed by atoms with Crippen molar-refractivity contribution in [2.75, 3.05) is 26.2 Å². The van der Waals surface area contributed by atoms with Crippen LogP contribution in [0.3, 0.4) is 0 Å². The van der Waals surface area contributed by atoms with Gasteiger partial charge in [0.15, 0.2) is 0 Å². The SMILES string of the molecule is Cc1ccc(-c2cccc(C(=O)NC3=CC=C(N4CCC(COc5cccc(C=O)c5)CC4)NC3)c2)o1. The number of carbonyl (C=O) groups is 2. The highest BCUT2D eigenvalue weighted by atomic mass is 16.5. The van der Waals surface area contributed by atoms with Crippen LogP contribution in [0.5, 0.6) is 5.75 Å². The van der Waals surface area contributed by atoms with Gasteiger partial charge in [-0.15, -0.1) is 0 Å². The van der Waals surface area contributed by atoms with Crippen molar-refractivity contribution in [3.63, 3.8) is 0 Å². The molecule has 1 aromatic heterocycles. The van der Waals surface area contributed by atoms with Crippen LogP contribution in [0, 0.1) is 12.8 Å². The van der Waals surface area contributed by atoms with Crippen LogP contribution in [0.1, 0.15) is 39.3 Å². The number of rotatable bonds is 8. The smallest absolute Gasteiger partial charge is 0.255 e. The molecule has 0 saturated carbocycles. The summed E-state index contributed by atoms with van der Waals surface area (Å²) in [5, 5.41) is 6.46. The molecule has 0 atom stereocenters. The Balaban J connectivity index is 1.12. The molecule has 2 N–H and O–H groups in total. The molecule has 0 aliphatic carbocycles. The average molecular weight is 498 g/mol. The molecule has 1 fully saturated rings.